The standard InChI is InChI=1S/C19H40N2O8P/c1-10(2)20-16-15(29-12(5)18(16)22)9-27-30(24,25-7)21-17-14(8-26-11(3)4)28-13(6)19(17)23/h10-24H,8-9H2,1-7H3/q+1/t12-,13-,14+,15+,16?,17?,18?,19?,30?/m0/s1. The maximum Gasteiger partial charge on any atom is 0.499 e. The minimum Gasteiger partial charge on any atom is -0.389 e. The summed E-state index contributed by atoms with van der Waals surface area (Å²) in [6.07, 6.45) is -3.27. The molecule has 0 aromatic rings. The van der Waals surface area contributed by atoms with Gasteiger partial charge in [-0.15, -0.1) is 5.09 Å². The van der Waals surface area contributed by atoms with Crippen molar-refractivity contribution in [1.29, 1.82) is 0 Å². The summed E-state index contributed by atoms with van der Waals surface area (Å²) < 4.78 is 28.2. The van der Waals surface area contributed by atoms with Gasteiger partial charge in [0.2, 0.25) is 0 Å². The summed E-state index contributed by atoms with van der Waals surface area (Å²) in [7, 11) is -2.20. The van der Waals surface area contributed by atoms with E-state index in [2.05, 4.69) is 10.4 Å². The van der Waals surface area contributed by atoms with Gasteiger partial charge in [-0.2, -0.15) is 13.9 Å². The van der Waals surface area contributed by atoms with Gasteiger partial charge in [0.25, 0.3) is 0 Å². The Labute approximate surface area is 180 Å². The second-order valence-electron chi connectivity index (χ2n) is 8.62. The Kier molecular flexibility index (Phi) is 9.85. The van der Waals surface area contributed by atoms with Crippen LogP contribution in [-0.4, -0.2) is 96.3 Å². The number of aliphatic hydroxyl groups is 2. The zero-order chi connectivity index (χ0) is 22.6. The van der Waals surface area contributed by atoms with E-state index in [1.54, 1.807) is 13.8 Å². The lowest BCUT2D eigenvalue weighted by molar-refractivity contribution is -0.0377. The molecule has 0 radical (unpaired) electrons. The Morgan fingerprint density at radius 1 is 0.933 bits per heavy atom. The van der Waals surface area contributed by atoms with Crippen molar-refractivity contribution < 1.29 is 38.4 Å². The minimum atomic E-state index is -3.54. The van der Waals surface area contributed by atoms with E-state index < -0.39 is 44.7 Å². The molecule has 5 N–H and O–H groups in total. The molecule has 30 heavy (non-hydrogen) atoms. The third kappa shape index (κ3) is 6.76. The summed E-state index contributed by atoms with van der Waals surface area (Å²) in [6, 6.07) is -0.821. The van der Waals surface area contributed by atoms with Crippen LogP contribution in [0.1, 0.15) is 41.5 Å². The monoisotopic (exact) mass is 455 g/mol. The van der Waals surface area contributed by atoms with Crippen molar-refractivity contribution in [2.45, 2.75) is 102 Å². The van der Waals surface area contributed by atoms with E-state index in [0.29, 0.717) is 0 Å². The van der Waals surface area contributed by atoms with Crippen molar-refractivity contribution in [2.75, 3.05) is 20.3 Å². The van der Waals surface area contributed by atoms with Crippen LogP contribution in [0.3, 0.4) is 0 Å². The molecule has 0 bridgehead atoms. The number of ether oxygens (including phenoxy) is 3. The topological polar surface area (TPSA) is 131 Å². The van der Waals surface area contributed by atoms with Gasteiger partial charge in [0, 0.05) is 6.04 Å². The van der Waals surface area contributed by atoms with Gasteiger partial charge in [-0.1, -0.05) is 13.8 Å². The first-order valence-electron chi connectivity index (χ1n) is 10.6. The van der Waals surface area contributed by atoms with Crippen molar-refractivity contribution in [3.05, 3.63) is 0 Å². The molecule has 2 fully saturated rings. The Morgan fingerprint density at radius 2 is 1.47 bits per heavy atom. The first kappa shape index (κ1) is 26.3. The molecule has 0 aliphatic carbocycles. The molecule has 11 heteroatoms. The average Bonchev–Trinajstić information content (AvgIpc) is 3.09. The van der Waals surface area contributed by atoms with Crippen molar-refractivity contribution in [2.24, 2.45) is 0 Å². The SMILES string of the molecule is CO[P+](O)(NC1C(O)[C@H](C)O[C@@H]1COC(C)C)OC[C@H]1O[C@@H](C)C(O)C1NC(C)C. The fourth-order valence-electron chi connectivity index (χ4n) is 3.73. The highest BCUT2D eigenvalue weighted by atomic mass is 31.2. The van der Waals surface area contributed by atoms with Crippen LogP contribution in [0.4, 0.5) is 0 Å². The quantitative estimate of drug-likeness (QED) is 0.278. The fourth-order valence-corrected chi connectivity index (χ4v) is 5.06. The van der Waals surface area contributed by atoms with Crippen LogP contribution in [0.5, 0.6) is 0 Å². The maximum absolute atomic E-state index is 10.9. The zero-order valence-electron chi connectivity index (χ0n) is 19.0. The Balaban J connectivity index is 2.01. The molecule has 2 heterocycles. The predicted octanol–water partition coefficient (Wildman–Crippen LogP) is 0.366. The highest BCUT2D eigenvalue weighted by Gasteiger charge is 2.53. The van der Waals surface area contributed by atoms with Gasteiger partial charge in [0.1, 0.15) is 31.0 Å². The lowest BCUT2D eigenvalue weighted by Crippen LogP contribution is -2.49. The molecule has 2 aliphatic heterocycles. The Morgan fingerprint density at radius 3 is 1.97 bits per heavy atom. The van der Waals surface area contributed by atoms with Gasteiger partial charge >= 0.3 is 8.09 Å². The molecule has 5 unspecified atom stereocenters. The molecule has 0 saturated carbocycles. The third-order valence-corrected chi connectivity index (χ3v) is 6.99. The second kappa shape index (κ2) is 11.2. The fraction of sp³-hybridized carbons (Fsp3) is 1.00. The summed E-state index contributed by atoms with van der Waals surface area (Å²) in [5.74, 6) is 0. The van der Waals surface area contributed by atoms with Crippen molar-refractivity contribution in [3.63, 3.8) is 0 Å². The molecule has 2 saturated heterocycles. The van der Waals surface area contributed by atoms with E-state index in [4.69, 9.17) is 23.3 Å². The summed E-state index contributed by atoms with van der Waals surface area (Å²) in [5, 5.41) is 27.1. The molecule has 0 aromatic carbocycles. The van der Waals surface area contributed by atoms with Crippen molar-refractivity contribution >= 4 is 8.09 Å². The normalized spacial score (nSPS) is 39.2. The smallest absolute Gasteiger partial charge is 0.389 e. The lowest BCUT2D eigenvalue weighted by atomic mass is 10.0. The van der Waals surface area contributed by atoms with Gasteiger partial charge in [0.15, 0.2) is 0 Å². The lowest BCUT2D eigenvalue weighted by Gasteiger charge is -2.27. The number of hydrogen-bond acceptors (Lipinski definition) is 10. The molecule has 0 aromatic heterocycles. The van der Waals surface area contributed by atoms with E-state index in [0.717, 1.165) is 0 Å². The van der Waals surface area contributed by atoms with Gasteiger partial charge in [0.05, 0.1) is 44.2 Å². The summed E-state index contributed by atoms with van der Waals surface area (Å²) in [5.41, 5.74) is 0. The molecule has 0 spiro atoms. The number of aliphatic hydroxyl groups excluding tert-OH is 2. The highest BCUT2D eigenvalue weighted by Crippen LogP contribution is 2.53. The predicted molar refractivity (Wildman–Crippen MR) is 113 cm³/mol. The van der Waals surface area contributed by atoms with Crippen molar-refractivity contribution in [3.8, 4) is 0 Å². The molecular formula is C19H40N2O8P+. The van der Waals surface area contributed by atoms with Crippen LogP contribution < -0.4 is 10.4 Å². The van der Waals surface area contributed by atoms with Crippen LogP contribution in [0.25, 0.3) is 0 Å². The van der Waals surface area contributed by atoms with E-state index in [-0.39, 0.29) is 37.5 Å². The van der Waals surface area contributed by atoms with Gasteiger partial charge in [-0.3, -0.25) is 0 Å². The van der Waals surface area contributed by atoms with Crippen LogP contribution >= 0.6 is 8.09 Å². The number of rotatable bonds is 11. The third-order valence-electron chi connectivity index (χ3n) is 5.37. The Bertz CT molecular complexity index is 531. The Hall–Kier alpha value is 0.0300. The van der Waals surface area contributed by atoms with Crippen LogP contribution in [-0.2, 0) is 23.3 Å². The first-order valence-corrected chi connectivity index (χ1v) is 12.2. The molecule has 10 nitrogen and oxygen atoms in total. The van der Waals surface area contributed by atoms with Gasteiger partial charge in [-0.05, 0) is 27.7 Å². The first-order chi connectivity index (χ1) is 14.0. The molecular weight excluding hydrogens is 415 g/mol. The number of nitrogens with one attached hydrogen (secondary N) is 2. The summed E-state index contributed by atoms with van der Waals surface area (Å²) in [6.45, 7) is 11.6. The molecule has 2 aliphatic rings. The molecule has 0 amide bonds. The molecule has 178 valence electrons. The molecule has 9 atom stereocenters. The maximum atomic E-state index is 10.9. The molecule has 2 rings (SSSR count). The average molecular weight is 456 g/mol. The summed E-state index contributed by atoms with van der Waals surface area (Å²) in [4.78, 5) is 10.9. The van der Waals surface area contributed by atoms with Crippen LogP contribution in [0.2, 0.25) is 0 Å². The van der Waals surface area contributed by atoms with Crippen LogP contribution in [0.15, 0.2) is 0 Å². The van der Waals surface area contributed by atoms with Crippen molar-refractivity contribution in [1.82, 2.24) is 10.4 Å². The van der Waals surface area contributed by atoms with Gasteiger partial charge in [-0.25, -0.2) is 0 Å². The zero-order valence-corrected chi connectivity index (χ0v) is 19.9. The highest BCUT2D eigenvalue weighted by molar-refractivity contribution is 7.58. The summed E-state index contributed by atoms with van der Waals surface area (Å²) >= 11 is 0. The van der Waals surface area contributed by atoms with E-state index in [1.165, 1.54) is 7.11 Å². The van der Waals surface area contributed by atoms with Crippen LogP contribution in [0, 0.1) is 0 Å². The van der Waals surface area contributed by atoms with E-state index in [9.17, 15) is 15.1 Å². The van der Waals surface area contributed by atoms with E-state index >= 15 is 0 Å². The minimum absolute atomic E-state index is 0.00327. The number of hydrogen-bond donors (Lipinski definition) is 5. The van der Waals surface area contributed by atoms with E-state index in [1.807, 2.05) is 27.7 Å². The van der Waals surface area contributed by atoms with Gasteiger partial charge < -0.3 is 29.7 Å². The largest absolute Gasteiger partial charge is 0.499 e. The second-order valence-corrected chi connectivity index (χ2v) is 10.5.